The Hall–Kier alpha value is -1.90. The number of nitriles is 1. The summed E-state index contributed by atoms with van der Waals surface area (Å²) in [4.78, 5) is 4.74. The van der Waals surface area contributed by atoms with Gasteiger partial charge in [0.25, 0.3) is 0 Å². The van der Waals surface area contributed by atoms with Crippen molar-refractivity contribution in [3.8, 4) is 6.07 Å². The molecular formula is C15H18N4O. The van der Waals surface area contributed by atoms with Crippen molar-refractivity contribution in [1.29, 1.82) is 5.26 Å². The summed E-state index contributed by atoms with van der Waals surface area (Å²) in [6, 6.07) is 10.2. The van der Waals surface area contributed by atoms with Crippen LogP contribution >= 0.6 is 0 Å². The first-order valence-corrected chi connectivity index (χ1v) is 7.02. The van der Waals surface area contributed by atoms with Gasteiger partial charge in [0.15, 0.2) is 5.58 Å². The molecule has 0 aliphatic carbocycles. The minimum Gasteiger partial charge on any atom is -0.356 e. The molecule has 1 saturated heterocycles. The van der Waals surface area contributed by atoms with Crippen molar-refractivity contribution in [2.75, 3.05) is 32.7 Å². The number of piperazine rings is 1. The van der Waals surface area contributed by atoms with Crippen molar-refractivity contribution in [2.24, 2.45) is 0 Å². The van der Waals surface area contributed by atoms with Crippen molar-refractivity contribution in [1.82, 2.24) is 15.0 Å². The van der Waals surface area contributed by atoms with Gasteiger partial charge in [-0.15, -0.1) is 0 Å². The third-order valence-electron chi connectivity index (χ3n) is 3.83. The second-order valence-electron chi connectivity index (χ2n) is 5.15. The number of fused-ring (bicyclic) bond motifs is 1. The summed E-state index contributed by atoms with van der Waals surface area (Å²) in [6.07, 6.45) is 0.619. The summed E-state index contributed by atoms with van der Waals surface area (Å²) < 4.78 is 5.34. The first kappa shape index (κ1) is 13.1. The van der Waals surface area contributed by atoms with Gasteiger partial charge in [0, 0.05) is 51.1 Å². The number of benzene rings is 1. The molecule has 0 saturated carbocycles. The average molecular weight is 270 g/mol. The highest BCUT2D eigenvalue weighted by Crippen LogP contribution is 2.19. The first-order valence-electron chi connectivity index (χ1n) is 7.02. The van der Waals surface area contributed by atoms with Crippen molar-refractivity contribution < 1.29 is 4.52 Å². The van der Waals surface area contributed by atoms with Crippen molar-refractivity contribution in [3.05, 3.63) is 30.0 Å². The zero-order chi connectivity index (χ0) is 13.8. The van der Waals surface area contributed by atoms with Crippen molar-refractivity contribution in [2.45, 2.75) is 13.0 Å². The number of aromatic nitrogens is 1. The lowest BCUT2D eigenvalue weighted by atomic mass is 10.2. The van der Waals surface area contributed by atoms with Gasteiger partial charge in [-0.1, -0.05) is 17.3 Å². The Bertz CT molecular complexity index is 608. The Morgan fingerprint density at radius 1 is 1.15 bits per heavy atom. The smallest absolute Gasteiger partial charge is 0.167 e. The summed E-state index contributed by atoms with van der Waals surface area (Å²) in [7, 11) is 0. The van der Waals surface area contributed by atoms with Crippen LogP contribution in [0.1, 0.15) is 12.1 Å². The van der Waals surface area contributed by atoms with Gasteiger partial charge < -0.3 is 4.52 Å². The van der Waals surface area contributed by atoms with Gasteiger partial charge >= 0.3 is 0 Å². The normalized spacial score (nSPS) is 17.4. The van der Waals surface area contributed by atoms with Crippen LogP contribution in [-0.4, -0.2) is 47.7 Å². The van der Waals surface area contributed by atoms with Crippen LogP contribution in [0, 0.1) is 11.3 Å². The third-order valence-corrected chi connectivity index (χ3v) is 3.83. The molecular weight excluding hydrogens is 252 g/mol. The fourth-order valence-corrected chi connectivity index (χ4v) is 2.64. The van der Waals surface area contributed by atoms with Gasteiger partial charge in [0.05, 0.1) is 6.07 Å². The van der Waals surface area contributed by atoms with Gasteiger partial charge in [0.2, 0.25) is 0 Å². The zero-order valence-electron chi connectivity index (χ0n) is 11.5. The van der Waals surface area contributed by atoms with E-state index < -0.39 is 0 Å². The van der Waals surface area contributed by atoms with E-state index in [-0.39, 0.29) is 0 Å². The Morgan fingerprint density at radius 2 is 1.90 bits per heavy atom. The number of nitrogens with zero attached hydrogens (tertiary/aromatic N) is 4. The predicted molar refractivity (Wildman–Crippen MR) is 76.0 cm³/mol. The Balaban J connectivity index is 1.59. The highest BCUT2D eigenvalue weighted by Gasteiger charge is 2.18. The van der Waals surface area contributed by atoms with Gasteiger partial charge in [-0.25, -0.2) is 0 Å². The summed E-state index contributed by atoms with van der Waals surface area (Å²) in [5, 5.41) is 13.9. The van der Waals surface area contributed by atoms with E-state index in [1.54, 1.807) is 0 Å². The molecule has 20 heavy (non-hydrogen) atoms. The summed E-state index contributed by atoms with van der Waals surface area (Å²) >= 11 is 0. The SMILES string of the molecule is N#CCCN1CCN(Cc2noc3ccccc23)CC1. The molecule has 0 N–H and O–H groups in total. The summed E-state index contributed by atoms with van der Waals surface area (Å²) in [5.41, 5.74) is 1.88. The fraction of sp³-hybridized carbons (Fsp3) is 0.467. The molecule has 1 aromatic heterocycles. The van der Waals surface area contributed by atoms with Gasteiger partial charge in [0.1, 0.15) is 5.69 Å². The largest absolute Gasteiger partial charge is 0.356 e. The molecule has 0 spiro atoms. The van der Waals surface area contributed by atoms with Crippen LogP contribution in [-0.2, 0) is 6.54 Å². The molecule has 2 heterocycles. The minimum absolute atomic E-state index is 0.619. The first-order chi connectivity index (χ1) is 9.86. The number of hydrogen-bond acceptors (Lipinski definition) is 5. The minimum atomic E-state index is 0.619. The van der Waals surface area contributed by atoms with E-state index in [4.69, 9.17) is 9.78 Å². The highest BCUT2D eigenvalue weighted by atomic mass is 16.5. The quantitative estimate of drug-likeness (QED) is 0.848. The van der Waals surface area contributed by atoms with E-state index in [2.05, 4.69) is 27.1 Å². The molecule has 0 atom stereocenters. The summed E-state index contributed by atoms with van der Waals surface area (Å²) in [6.45, 7) is 5.81. The van der Waals surface area contributed by atoms with Crippen LogP contribution < -0.4 is 0 Å². The van der Waals surface area contributed by atoms with E-state index in [0.717, 1.165) is 55.9 Å². The lowest BCUT2D eigenvalue weighted by Crippen LogP contribution is -2.46. The molecule has 0 radical (unpaired) electrons. The van der Waals surface area contributed by atoms with Crippen LogP contribution in [0.2, 0.25) is 0 Å². The molecule has 5 heteroatoms. The number of hydrogen-bond donors (Lipinski definition) is 0. The highest BCUT2D eigenvalue weighted by molar-refractivity contribution is 5.79. The molecule has 1 fully saturated rings. The van der Waals surface area contributed by atoms with Crippen LogP contribution in [0.5, 0.6) is 0 Å². The number of rotatable bonds is 4. The van der Waals surface area contributed by atoms with Crippen LogP contribution in [0.4, 0.5) is 0 Å². The molecule has 1 aliphatic heterocycles. The fourth-order valence-electron chi connectivity index (χ4n) is 2.64. The predicted octanol–water partition coefficient (Wildman–Crippen LogP) is 1.86. The lowest BCUT2D eigenvalue weighted by molar-refractivity contribution is 0.127. The van der Waals surface area contributed by atoms with Crippen molar-refractivity contribution >= 4 is 11.0 Å². The van der Waals surface area contributed by atoms with E-state index in [0.29, 0.717) is 6.42 Å². The molecule has 104 valence electrons. The van der Waals surface area contributed by atoms with E-state index in [9.17, 15) is 0 Å². The lowest BCUT2D eigenvalue weighted by Gasteiger charge is -2.33. The molecule has 1 aliphatic rings. The molecule has 2 aromatic rings. The topological polar surface area (TPSA) is 56.3 Å². The third kappa shape index (κ3) is 2.82. The van der Waals surface area contributed by atoms with E-state index in [1.165, 1.54) is 0 Å². The van der Waals surface area contributed by atoms with Crippen molar-refractivity contribution in [3.63, 3.8) is 0 Å². The number of para-hydroxylation sites is 1. The Morgan fingerprint density at radius 3 is 2.70 bits per heavy atom. The van der Waals surface area contributed by atoms with Crippen LogP contribution in [0.25, 0.3) is 11.0 Å². The van der Waals surface area contributed by atoms with E-state index in [1.807, 2.05) is 18.2 Å². The van der Waals surface area contributed by atoms with E-state index >= 15 is 0 Å². The van der Waals surface area contributed by atoms with Gasteiger partial charge in [-0.2, -0.15) is 5.26 Å². The Labute approximate surface area is 118 Å². The monoisotopic (exact) mass is 270 g/mol. The molecule has 1 aromatic carbocycles. The zero-order valence-corrected chi connectivity index (χ0v) is 11.5. The molecule has 0 unspecified atom stereocenters. The molecule has 0 bridgehead atoms. The maximum Gasteiger partial charge on any atom is 0.167 e. The second kappa shape index (κ2) is 6.04. The summed E-state index contributed by atoms with van der Waals surface area (Å²) in [5.74, 6) is 0. The van der Waals surface area contributed by atoms with Crippen LogP contribution in [0.3, 0.4) is 0 Å². The average Bonchev–Trinajstić information content (AvgIpc) is 2.90. The van der Waals surface area contributed by atoms with Crippen LogP contribution in [0.15, 0.2) is 28.8 Å². The molecule has 3 rings (SSSR count). The second-order valence-corrected chi connectivity index (χ2v) is 5.15. The standard InChI is InChI=1S/C15H18N4O/c16-6-3-7-18-8-10-19(11-9-18)12-14-13-4-1-2-5-15(13)20-17-14/h1-2,4-5H,3,7-12H2. The van der Waals surface area contributed by atoms with Gasteiger partial charge in [-0.05, 0) is 12.1 Å². The molecule has 0 amide bonds. The maximum absolute atomic E-state index is 8.61. The Kier molecular flexibility index (Phi) is 3.95. The molecule has 5 nitrogen and oxygen atoms in total. The maximum atomic E-state index is 8.61. The van der Waals surface area contributed by atoms with Gasteiger partial charge in [-0.3, -0.25) is 9.80 Å².